The zero-order chi connectivity index (χ0) is 14.5. The minimum Gasteiger partial charge on any atom is -0.313 e. The molecule has 1 aliphatic heterocycles. The number of benzene rings is 1. The predicted octanol–water partition coefficient (Wildman–Crippen LogP) is 3.49. The Morgan fingerprint density at radius 3 is 2.75 bits per heavy atom. The van der Waals surface area contributed by atoms with E-state index < -0.39 is 0 Å². The summed E-state index contributed by atoms with van der Waals surface area (Å²) >= 11 is 0. The van der Waals surface area contributed by atoms with Crippen molar-refractivity contribution in [2.24, 2.45) is 0 Å². The molecule has 0 amide bonds. The van der Waals surface area contributed by atoms with Gasteiger partial charge in [0, 0.05) is 25.2 Å². The third-order valence-corrected chi connectivity index (χ3v) is 4.28. The molecule has 1 N–H and O–H groups in total. The molecule has 1 saturated heterocycles. The topological polar surface area (TPSA) is 15.3 Å². The number of aryl methyl sites for hydroxylation is 1. The minimum absolute atomic E-state index is 0.142. The monoisotopic (exact) mass is 278 g/mol. The van der Waals surface area contributed by atoms with Crippen LogP contribution in [0.5, 0.6) is 0 Å². The summed E-state index contributed by atoms with van der Waals surface area (Å²) in [6, 6.07) is 6.23. The maximum Gasteiger partial charge on any atom is 0.123 e. The third-order valence-electron chi connectivity index (χ3n) is 4.28. The van der Waals surface area contributed by atoms with Crippen molar-refractivity contribution in [1.29, 1.82) is 0 Å². The second kappa shape index (κ2) is 7.19. The Bertz CT molecular complexity index is 425. The Hall–Kier alpha value is -0.930. The van der Waals surface area contributed by atoms with Gasteiger partial charge in [0.15, 0.2) is 0 Å². The molecule has 1 heterocycles. The van der Waals surface area contributed by atoms with Gasteiger partial charge in [0.25, 0.3) is 0 Å². The molecule has 0 bridgehead atoms. The van der Waals surface area contributed by atoms with Gasteiger partial charge in [-0.05, 0) is 63.4 Å². The van der Waals surface area contributed by atoms with Crippen LogP contribution in [0.15, 0.2) is 18.2 Å². The van der Waals surface area contributed by atoms with Gasteiger partial charge < -0.3 is 5.32 Å². The number of piperidine rings is 1. The first-order valence-electron chi connectivity index (χ1n) is 7.78. The van der Waals surface area contributed by atoms with E-state index in [2.05, 4.69) is 24.1 Å². The van der Waals surface area contributed by atoms with Crippen LogP contribution in [0.2, 0.25) is 0 Å². The van der Waals surface area contributed by atoms with Gasteiger partial charge in [-0.25, -0.2) is 4.39 Å². The number of halogens is 1. The average Bonchev–Trinajstić information content (AvgIpc) is 2.42. The van der Waals surface area contributed by atoms with E-state index >= 15 is 0 Å². The highest BCUT2D eigenvalue weighted by Crippen LogP contribution is 2.16. The predicted molar refractivity (Wildman–Crippen MR) is 82.3 cm³/mol. The number of hydrogen-bond acceptors (Lipinski definition) is 2. The molecular weight excluding hydrogens is 251 g/mol. The standard InChI is InChI=1S/C17H27FN2/c1-13(2)20(12-17-6-4-5-9-19-17)11-15-7-8-16(18)10-14(15)3/h7-8,10,13,17,19H,4-6,9,11-12H2,1-3H3. The van der Waals surface area contributed by atoms with E-state index in [1.165, 1.54) is 24.8 Å². The van der Waals surface area contributed by atoms with Crippen molar-refractivity contribution >= 4 is 0 Å². The Morgan fingerprint density at radius 1 is 1.35 bits per heavy atom. The summed E-state index contributed by atoms with van der Waals surface area (Å²) in [6.45, 7) is 9.60. The third kappa shape index (κ3) is 4.29. The molecule has 0 spiro atoms. The zero-order valence-electron chi connectivity index (χ0n) is 13.0. The summed E-state index contributed by atoms with van der Waals surface area (Å²) in [6.07, 6.45) is 3.90. The fourth-order valence-electron chi connectivity index (χ4n) is 2.88. The molecule has 0 saturated carbocycles. The molecule has 1 unspecified atom stereocenters. The van der Waals surface area contributed by atoms with Crippen LogP contribution >= 0.6 is 0 Å². The molecule has 20 heavy (non-hydrogen) atoms. The van der Waals surface area contributed by atoms with Crippen LogP contribution < -0.4 is 5.32 Å². The number of nitrogens with zero attached hydrogens (tertiary/aromatic N) is 1. The summed E-state index contributed by atoms with van der Waals surface area (Å²) in [5, 5.41) is 3.61. The molecule has 1 aromatic rings. The van der Waals surface area contributed by atoms with Gasteiger partial charge in [-0.3, -0.25) is 4.90 Å². The summed E-state index contributed by atoms with van der Waals surface area (Å²) < 4.78 is 13.2. The molecule has 0 aliphatic carbocycles. The van der Waals surface area contributed by atoms with Gasteiger partial charge in [-0.1, -0.05) is 12.5 Å². The Morgan fingerprint density at radius 2 is 2.15 bits per heavy atom. The van der Waals surface area contributed by atoms with Crippen LogP contribution in [0, 0.1) is 12.7 Å². The van der Waals surface area contributed by atoms with E-state index in [1.54, 1.807) is 12.1 Å². The van der Waals surface area contributed by atoms with Gasteiger partial charge in [0.2, 0.25) is 0 Å². The van der Waals surface area contributed by atoms with E-state index in [0.29, 0.717) is 12.1 Å². The minimum atomic E-state index is -0.142. The Balaban J connectivity index is 2.01. The zero-order valence-corrected chi connectivity index (χ0v) is 13.0. The molecule has 1 atom stereocenters. The van der Waals surface area contributed by atoms with Crippen molar-refractivity contribution in [3.8, 4) is 0 Å². The van der Waals surface area contributed by atoms with Crippen molar-refractivity contribution in [2.75, 3.05) is 13.1 Å². The maximum atomic E-state index is 13.2. The fourth-order valence-corrected chi connectivity index (χ4v) is 2.88. The fraction of sp³-hybridized carbons (Fsp3) is 0.647. The van der Waals surface area contributed by atoms with Gasteiger partial charge in [0.1, 0.15) is 5.82 Å². The quantitative estimate of drug-likeness (QED) is 0.887. The largest absolute Gasteiger partial charge is 0.313 e. The molecule has 112 valence electrons. The maximum absolute atomic E-state index is 13.2. The number of rotatable bonds is 5. The summed E-state index contributed by atoms with van der Waals surface area (Å²) in [5.41, 5.74) is 2.28. The van der Waals surface area contributed by atoms with E-state index in [9.17, 15) is 4.39 Å². The lowest BCUT2D eigenvalue weighted by Crippen LogP contribution is -2.45. The van der Waals surface area contributed by atoms with Crippen LogP contribution in [0.25, 0.3) is 0 Å². The van der Waals surface area contributed by atoms with Crippen LogP contribution in [0.3, 0.4) is 0 Å². The van der Waals surface area contributed by atoms with Crippen LogP contribution in [0.4, 0.5) is 4.39 Å². The average molecular weight is 278 g/mol. The van der Waals surface area contributed by atoms with Crippen LogP contribution in [-0.2, 0) is 6.54 Å². The first kappa shape index (κ1) is 15.5. The molecule has 0 radical (unpaired) electrons. The van der Waals surface area contributed by atoms with E-state index in [4.69, 9.17) is 0 Å². The second-order valence-corrected chi connectivity index (χ2v) is 6.24. The number of nitrogens with one attached hydrogen (secondary N) is 1. The lowest BCUT2D eigenvalue weighted by molar-refractivity contribution is 0.177. The number of hydrogen-bond donors (Lipinski definition) is 1. The highest BCUT2D eigenvalue weighted by atomic mass is 19.1. The lowest BCUT2D eigenvalue weighted by atomic mass is 10.0. The highest BCUT2D eigenvalue weighted by Gasteiger charge is 2.19. The Kier molecular flexibility index (Phi) is 5.55. The first-order chi connectivity index (χ1) is 9.56. The van der Waals surface area contributed by atoms with Gasteiger partial charge in [0.05, 0.1) is 0 Å². The summed E-state index contributed by atoms with van der Waals surface area (Å²) in [4.78, 5) is 2.49. The first-order valence-corrected chi connectivity index (χ1v) is 7.78. The molecule has 2 nitrogen and oxygen atoms in total. The van der Waals surface area contributed by atoms with E-state index in [-0.39, 0.29) is 5.82 Å². The van der Waals surface area contributed by atoms with E-state index in [0.717, 1.165) is 25.2 Å². The normalized spacial score (nSPS) is 19.8. The van der Waals surface area contributed by atoms with Gasteiger partial charge in [-0.15, -0.1) is 0 Å². The van der Waals surface area contributed by atoms with Gasteiger partial charge in [-0.2, -0.15) is 0 Å². The van der Waals surface area contributed by atoms with Gasteiger partial charge >= 0.3 is 0 Å². The smallest absolute Gasteiger partial charge is 0.123 e. The second-order valence-electron chi connectivity index (χ2n) is 6.24. The molecule has 0 aromatic heterocycles. The van der Waals surface area contributed by atoms with Crippen molar-refractivity contribution in [3.63, 3.8) is 0 Å². The van der Waals surface area contributed by atoms with Crippen LogP contribution in [-0.4, -0.2) is 30.1 Å². The Labute approximate surface area is 122 Å². The molecule has 1 fully saturated rings. The summed E-state index contributed by atoms with van der Waals surface area (Å²) in [7, 11) is 0. The summed E-state index contributed by atoms with van der Waals surface area (Å²) in [5.74, 6) is -0.142. The molecule has 1 aliphatic rings. The molecular formula is C17H27FN2. The lowest BCUT2D eigenvalue weighted by Gasteiger charge is -2.33. The van der Waals surface area contributed by atoms with Crippen LogP contribution in [0.1, 0.15) is 44.2 Å². The van der Waals surface area contributed by atoms with Crippen molar-refractivity contribution in [1.82, 2.24) is 10.2 Å². The van der Waals surface area contributed by atoms with Crippen molar-refractivity contribution in [3.05, 3.63) is 35.1 Å². The molecule has 1 aromatic carbocycles. The molecule has 3 heteroatoms. The SMILES string of the molecule is Cc1cc(F)ccc1CN(CC1CCCCN1)C(C)C. The highest BCUT2D eigenvalue weighted by molar-refractivity contribution is 5.26. The van der Waals surface area contributed by atoms with E-state index in [1.807, 2.05) is 13.0 Å². The van der Waals surface area contributed by atoms with Crippen molar-refractivity contribution in [2.45, 2.75) is 58.7 Å². The van der Waals surface area contributed by atoms with Crippen molar-refractivity contribution < 1.29 is 4.39 Å². The molecule has 2 rings (SSSR count).